The minimum absolute atomic E-state index is 0.0225. The van der Waals surface area contributed by atoms with E-state index in [0.717, 1.165) is 5.56 Å². The summed E-state index contributed by atoms with van der Waals surface area (Å²) in [6.45, 7) is 11.8. The maximum absolute atomic E-state index is 13.6. The summed E-state index contributed by atoms with van der Waals surface area (Å²) in [6.07, 6.45) is 1.32. The summed E-state index contributed by atoms with van der Waals surface area (Å²) in [5.74, 6) is -0.233. The van der Waals surface area contributed by atoms with Gasteiger partial charge in [0.15, 0.2) is 4.90 Å². The van der Waals surface area contributed by atoms with E-state index in [9.17, 15) is 9.35 Å². The predicted octanol–water partition coefficient (Wildman–Crippen LogP) is 6.14. The van der Waals surface area contributed by atoms with Crippen molar-refractivity contribution in [1.82, 2.24) is 4.98 Å². The molecule has 0 aliphatic heterocycles. The van der Waals surface area contributed by atoms with E-state index in [4.69, 9.17) is 16.9 Å². The molecule has 1 unspecified atom stereocenters. The number of nitriles is 1. The van der Waals surface area contributed by atoms with Crippen molar-refractivity contribution >= 4 is 40.4 Å². The number of hydrogen-bond donors (Lipinski definition) is 1. The second-order valence-electron chi connectivity index (χ2n) is 8.59. The normalized spacial score (nSPS) is 11.9. The molecular formula is C26H25ClN4O2S. The van der Waals surface area contributed by atoms with Crippen LogP contribution in [0.1, 0.15) is 48.0 Å². The molecule has 2 aromatic carbocycles. The monoisotopic (exact) mass is 492 g/mol. The van der Waals surface area contributed by atoms with Crippen molar-refractivity contribution in [2.75, 3.05) is 9.62 Å². The van der Waals surface area contributed by atoms with E-state index in [1.165, 1.54) is 11.1 Å². The molecule has 1 amide bonds. The van der Waals surface area contributed by atoms with Gasteiger partial charge in [-0.15, -0.1) is 0 Å². The molecule has 0 fully saturated rings. The van der Waals surface area contributed by atoms with Crippen LogP contribution in [0, 0.1) is 18.3 Å². The van der Waals surface area contributed by atoms with E-state index in [0.29, 0.717) is 21.2 Å². The van der Waals surface area contributed by atoms with Gasteiger partial charge in [0.1, 0.15) is 28.9 Å². The van der Waals surface area contributed by atoms with Crippen LogP contribution in [0.4, 0.5) is 11.5 Å². The number of aromatic nitrogens is 1. The molecule has 0 aliphatic carbocycles. The fourth-order valence-corrected chi connectivity index (χ4v) is 4.33. The fourth-order valence-electron chi connectivity index (χ4n) is 3.30. The first-order chi connectivity index (χ1) is 16.1. The van der Waals surface area contributed by atoms with Crippen LogP contribution in [0.25, 0.3) is 0 Å². The van der Waals surface area contributed by atoms with E-state index in [1.807, 2.05) is 18.2 Å². The van der Waals surface area contributed by atoms with Gasteiger partial charge in [0, 0.05) is 11.2 Å². The van der Waals surface area contributed by atoms with Gasteiger partial charge in [-0.3, -0.25) is 9.69 Å². The Morgan fingerprint density at radius 1 is 1.21 bits per heavy atom. The second kappa shape index (κ2) is 10.3. The molecular weight excluding hydrogens is 468 g/mol. The molecule has 1 N–H and O–H groups in total. The molecule has 1 heterocycles. The van der Waals surface area contributed by atoms with E-state index >= 15 is 0 Å². The molecule has 1 aromatic heterocycles. The number of anilines is 2. The number of carbonyl (C=O) groups is 1. The van der Waals surface area contributed by atoms with Gasteiger partial charge >= 0.3 is 0 Å². The largest absolute Gasteiger partial charge is 0.588 e. The van der Waals surface area contributed by atoms with Crippen LogP contribution >= 0.6 is 11.6 Å². The Hall–Kier alpha value is -3.31. The molecule has 34 heavy (non-hydrogen) atoms. The number of amides is 1. The average molecular weight is 493 g/mol. The number of benzene rings is 2. The molecule has 8 heteroatoms. The highest BCUT2D eigenvalue weighted by atomic mass is 35.5. The number of nitrogens with one attached hydrogen (secondary N) is 1. The number of halogens is 1. The molecule has 0 saturated heterocycles. The van der Waals surface area contributed by atoms with Gasteiger partial charge in [0.05, 0.1) is 11.3 Å². The van der Waals surface area contributed by atoms with Crippen LogP contribution < -0.4 is 9.62 Å². The van der Waals surface area contributed by atoms with Crippen molar-refractivity contribution < 1.29 is 9.35 Å². The van der Waals surface area contributed by atoms with E-state index in [2.05, 4.69) is 37.1 Å². The number of rotatable bonds is 6. The van der Waals surface area contributed by atoms with Crippen molar-refractivity contribution in [3.63, 3.8) is 0 Å². The van der Waals surface area contributed by atoms with Crippen molar-refractivity contribution in [3.8, 4) is 6.07 Å². The average Bonchev–Trinajstić information content (AvgIpc) is 2.81. The molecule has 3 rings (SSSR count). The minimum atomic E-state index is -1.62. The SMILES string of the molecule is C=CN(C(=O)c1c(N[S+]([O-])c2ccc(C(C)(C)C)cc2)ccc(Cl)c1C)c1cccc(C#N)n1. The predicted molar refractivity (Wildman–Crippen MR) is 137 cm³/mol. The van der Waals surface area contributed by atoms with Crippen LogP contribution in [0.15, 0.2) is 72.3 Å². The van der Waals surface area contributed by atoms with Gasteiger partial charge in [0.2, 0.25) is 0 Å². The molecule has 0 bridgehead atoms. The van der Waals surface area contributed by atoms with E-state index < -0.39 is 17.3 Å². The van der Waals surface area contributed by atoms with E-state index in [-0.39, 0.29) is 22.5 Å². The number of carbonyl (C=O) groups excluding carboxylic acids is 1. The Bertz CT molecular complexity index is 1260. The molecule has 3 aromatic rings. The van der Waals surface area contributed by atoms with Gasteiger partial charge in [-0.25, -0.2) is 9.71 Å². The maximum Gasteiger partial charge on any atom is 0.266 e. The van der Waals surface area contributed by atoms with Gasteiger partial charge in [-0.1, -0.05) is 57.2 Å². The highest BCUT2D eigenvalue weighted by molar-refractivity contribution is 7.92. The zero-order valence-corrected chi connectivity index (χ0v) is 21.0. The Morgan fingerprint density at radius 2 is 1.88 bits per heavy atom. The minimum Gasteiger partial charge on any atom is -0.588 e. The number of nitrogens with zero attached hydrogens (tertiary/aromatic N) is 3. The zero-order valence-electron chi connectivity index (χ0n) is 19.4. The molecule has 6 nitrogen and oxygen atoms in total. The number of pyridine rings is 1. The smallest absolute Gasteiger partial charge is 0.266 e. The first kappa shape index (κ1) is 25.3. The van der Waals surface area contributed by atoms with Crippen molar-refractivity contribution in [2.24, 2.45) is 0 Å². The Labute approximate surface area is 208 Å². The third-order valence-corrected chi connectivity index (χ3v) is 6.76. The molecule has 0 aliphatic rings. The van der Waals surface area contributed by atoms with Crippen LogP contribution in [-0.2, 0) is 16.8 Å². The molecule has 1 atom stereocenters. The topological polar surface area (TPSA) is 92.1 Å². The summed E-state index contributed by atoms with van der Waals surface area (Å²) in [5.41, 5.74) is 2.37. The van der Waals surface area contributed by atoms with Gasteiger partial charge in [-0.2, -0.15) is 5.26 Å². The lowest BCUT2D eigenvalue weighted by Crippen LogP contribution is -2.28. The third-order valence-electron chi connectivity index (χ3n) is 5.25. The standard InChI is InChI=1S/C26H25ClN4O2S/c1-6-31(23-9-7-8-19(16-28)29-23)25(32)24-17(2)21(27)14-15-22(24)30-34(33)20-12-10-18(11-13-20)26(3,4)5/h6-15,30H,1H2,2-5H3. The fraction of sp³-hybridized carbons (Fsp3) is 0.192. The highest BCUT2D eigenvalue weighted by Crippen LogP contribution is 2.31. The summed E-state index contributed by atoms with van der Waals surface area (Å²) < 4.78 is 16.1. The van der Waals surface area contributed by atoms with Crippen molar-refractivity contribution in [3.05, 3.63) is 94.8 Å². The molecule has 174 valence electrons. The van der Waals surface area contributed by atoms with Crippen LogP contribution in [-0.4, -0.2) is 15.4 Å². The molecule has 0 saturated carbocycles. The van der Waals surface area contributed by atoms with Crippen LogP contribution in [0.2, 0.25) is 5.02 Å². The van der Waals surface area contributed by atoms with Gasteiger partial charge < -0.3 is 4.55 Å². The Kier molecular flexibility index (Phi) is 7.68. The summed E-state index contributed by atoms with van der Waals surface area (Å²) in [6, 6.07) is 17.5. The van der Waals surface area contributed by atoms with Crippen molar-refractivity contribution in [1.29, 1.82) is 5.26 Å². The highest BCUT2D eigenvalue weighted by Gasteiger charge is 2.26. The van der Waals surface area contributed by atoms with Crippen LogP contribution in [0.5, 0.6) is 0 Å². The van der Waals surface area contributed by atoms with Crippen molar-refractivity contribution in [2.45, 2.75) is 38.0 Å². The first-order valence-corrected chi connectivity index (χ1v) is 12.0. The number of hydrogen-bond acceptors (Lipinski definition) is 5. The summed E-state index contributed by atoms with van der Waals surface area (Å²) >= 11 is 4.70. The Morgan fingerprint density at radius 3 is 2.47 bits per heavy atom. The Balaban J connectivity index is 1.98. The molecule has 0 spiro atoms. The third kappa shape index (κ3) is 5.42. The summed E-state index contributed by atoms with van der Waals surface area (Å²) in [4.78, 5) is 19.6. The quantitative estimate of drug-likeness (QED) is 0.417. The second-order valence-corrected chi connectivity index (χ2v) is 10.2. The van der Waals surface area contributed by atoms with E-state index in [1.54, 1.807) is 49.4 Å². The van der Waals surface area contributed by atoms with Gasteiger partial charge in [-0.05, 0) is 59.9 Å². The first-order valence-electron chi connectivity index (χ1n) is 10.5. The lowest BCUT2D eigenvalue weighted by atomic mass is 9.87. The zero-order chi connectivity index (χ0) is 25.0. The maximum atomic E-state index is 13.6. The summed E-state index contributed by atoms with van der Waals surface area (Å²) in [7, 11) is 0. The lowest BCUT2D eigenvalue weighted by Gasteiger charge is -2.22. The van der Waals surface area contributed by atoms with Crippen LogP contribution in [0.3, 0.4) is 0 Å². The van der Waals surface area contributed by atoms with Gasteiger partial charge in [0.25, 0.3) is 5.91 Å². The lowest BCUT2D eigenvalue weighted by molar-refractivity contribution is 0.0997. The molecule has 0 radical (unpaired) electrons. The summed E-state index contributed by atoms with van der Waals surface area (Å²) in [5, 5.41) is 9.55.